The van der Waals surface area contributed by atoms with Crippen LogP contribution in [0.15, 0.2) is 23.4 Å². The van der Waals surface area contributed by atoms with Gasteiger partial charge in [-0.25, -0.2) is 0 Å². The third-order valence-electron chi connectivity index (χ3n) is 6.14. The van der Waals surface area contributed by atoms with Crippen LogP contribution in [0.1, 0.15) is 43.2 Å². The van der Waals surface area contributed by atoms with Crippen molar-refractivity contribution in [3.8, 4) is 5.69 Å². The summed E-state index contributed by atoms with van der Waals surface area (Å²) in [5.41, 5.74) is 3.37. The Morgan fingerprint density at radius 3 is 2.78 bits per heavy atom. The lowest BCUT2D eigenvalue weighted by molar-refractivity contribution is -0.131. The van der Waals surface area contributed by atoms with Crippen molar-refractivity contribution < 1.29 is 4.79 Å². The zero-order chi connectivity index (χ0) is 18.8. The molecule has 4 rings (SSSR count). The molecular weight excluding hydrogens is 358 g/mol. The summed E-state index contributed by atoms with van der Waals surface area (Å²) in [4.78, 5) is 14.8. The van der Waals surface area contributed by atoms with Crippen LogP contribution in [-0.2, 0) is 4.79 Å². The van der Waals surface area contributed by atoms with Crippen molar-refractivity contribution in [3.63, 3.8) is 0 Å². The van der Waals surface area contributed by atoms with Gasteiger partial charge in [0, 0.05) is 13.1 Å². The Morgan fingerprint density at radius 2 is 1.96 bits per heavy atom. The number of nitrogens with zero attached hydrogens (tertiary/aromatic N) is 5. The van der Waals surface area contributed by atoms with E-state index in [0.717, 1.165) is 24.7 Å². The number of carbonyl (C=O) groups is 1. The quantitative estimate of drug-likeness (QED) is 0.755. The molecule has 0 spiro atoms. The first-order chi connectivity index (χ1) is 13.1. The minimum atomic E-state index is 0.207. The number of carbonyl (C=O) groups excluding carboxylic acids is 1. The van der Waals surface area contributed by atoms with Gasteiger partial charge in [0.2, 0.25) is 11.1 Å². The lowest BCUT2D eigenvalue weighted by Crippen LogP contribution is -2.45. The molecular formula is C20H27N5OS. The predicted octanol–water partition coefficient (Wildman–Crippen LogP) is 3.41. The largest absolute Gasteiger partial charge is 0.342 e. The van der Waals surface area contributed by atoms with Crippen molar-refractivity contribution in [2.45, 2.75) is 51.1 Å². The summed E-state index contributed by atoms with van der Waals surface area (Å²) in [6.07, 6.45) is 6.50. The van der Waals surface area contributed by atoms with Crippen LogP contribution in [0, 0.1) is 25.7 Å². The maximum absolute atomic E-state index is 12.7. The van der Waals surface area contributed by atoms with Crippen LogP contribution in [0.4, 0.5) is 0 Å². The number of piperidine rings is 1. The number of benzene rings is 1. The van der Waals surface area contributed by atoms with Gasteiger partial charge in [-0.05, 0) is 72.2 Å². The van der Waals surface area contributed by atoms with Gasteiger partial charge in [-0.15, -0.1) is 5.10 Å². The molecule has 1 aliphatic carbocycles. The van der Waals surface area contributed by atoms with Gasteiger partial charge in [-0.3, -0.25) is 4.79 Å². The molecule has 1 saturated carbocycles. The fraction of sp³-hybridized carbons (Fsp3) is 0.600. The molecule has 0 N–H and O–H groups in total. The molecule has 1 saturated heterocycles. The number of rotatable bonds is 4. The number of hydrogen-bond donors (Lipinski definition) is 0. The van der Waals surface area contributed by atoms with Gasteiger partial charge in [0.25, 0.3) is 0 Å². The summed E-state index contributed by atoms with van der Waals surface area (Å²) in [6, 6.07) is 6.16. The van der Waals surface area contributed by atoms with Gasteiger partial charge in [0.15, 0.2) is 0 Å². The molecule has 1 amide bonds. The fourth-order valence-electron chi connectivity index (χ4n) is 4.33. The second kappa shape index (κ2) is 8.00. The highest BCUT2D eigenvalue weighted by Gasteiger charge is 2.32. The first-order valence-electron chi connectivity index (χ1n) is 9.88. The van der Waals surface area contributed by atoms with Crippen LogP contribution >= 0.6 is 11.8 Å². The number of amides is 1. The van der Waals surface area contributed by atoms with Gasteiger partial charge in [-0.1, -0.05) is 37.1 Å². The molecule has 2 atom stereocenters. The lowest BCUT2D eigenvalue weighted by Gasteiger charge is -2.41. The standard InChI is InChI=1S/C20H27N5OS/c1-14-7-8-18(11-15(14)2)25-20(21-22-23-25)27-13-19(26)24-10-9-16-5-3-4-6-17(16)12-24/h7-8,11,16-17H,3-6,9-10,12-13H2,1-2H3/t16-,17+/m0/s1. The number of likely N-dealkylation sites (tertiary alicyclic amines) is 1. The number of thioether (sulfide) groups is 1. The normalized spacial score (nSPS) is 22.5. The molecule has 6 nitrogen and oxygen atoms in total. The maximum Gasteiger partial charge on any atom is 0.233 e. The molecule has 144 valence electrons. The fourth-order valence-corrected chi connectivity index (χ4v) is 5.13. The van der Waals surface area contributed by atoms with E-state index in [9.17, 15) is 4.79 Å². The van der Waals surface area contributed by atoms with E-state index in [1.807, 2.05) is 6.07 Å². The Hall–Kier alpha value is -1.89. The van der Waals surface area contributed by atoms with E-state index in [-0.39, 0.29) is 5.91 Å². The lowest BCUT2D eigenvalue weighted by atomic mass is 9.75. The summed E-state index contributed by atoms with van der Waals surface area (Å²) in [5, 5.41) is 12.7. The van der Waals surface area contributed by atoms with E-state index in [1.54, 1.807) is 4.68 Å². The van der Waals surface area contributed by atoms with E-state index >= 15 is 0 Å². The molecule has 2 heterocycles. The van der Waals surface area contributed by atoms with Crippen LogP contribution < -0.4 is 0 Å². The molecule has 0 bridgehead atoms. The van der Waals surface area contributed by atoms with Gasteiger partial charge in [0.1, 0.15) is 0 Å². The summed E-state index contributed by atoms with van der Waals surface area (Å²) in [5.74, 6) is 2.15. The Labute approximate surface area is 164 Å². The number of hydrogen-bond acceptors (Lipinski definition) is 5. The zero-order valence-electron chi connectivity index (χ0n) is 16.1. The van der Waals surface area contributed by atoms with E-state index in [2.05, 4.69) is 46.4 Å². The van der Waals surface area contributed by atoms with Crippen LogP contribution in [0.3, 0.4) is 0 Å². The topological polar surface area (TPSA) is 63.9 Å². The van der Waals surface area contributed by atoms with E-state index < -0.39 is 0 Å². The number of aromatic nitrogens is 4. The zero-order valence-corrected chi connectivity index (χ0v) is 16.9. The summed E-state index contributed by atoms with van der Waals surface area (Å²) < 4.78 is 1.72. The molecule has 2 aromatic rings. The Kier molecular flexibility index (Phi) is 5.48. The second-order valence-corrected chi connectivity index (χ2v) is 8.81. The first-order valence-corrected chi connectivity index (χ1v) is 10.9. The van der Waals surface area contributed by atoms with Crippen LogP contribution in [0.25, 0.3) is 5.69 Å². The molecule has 1 aromatic carbocycles. The molecule has 7 heteroatoms. The van der Waals surface area contributed by atoms with Crippen molar-refractivity contribution >= 4 is 17.7 Å². The van der Waals surface area contributed by atoms with Crippen LogP contribution in [0.2, 0.25) is 0 Å². The van der Waals surface area contributed by atoms with Crippen molar-refractivity contribution in [2.24, 2.45) is 11.8 Å². The molecule has 2 fully saturated rings. The minimum Gasteiger partial charge on any atom is -0.342 e. The number of fused-ring (bicyclic) bond motifs is 1. The molecule has 1 aromatic heterocycles. The first kappa shape index (κ1) is 18.5. The summed E-state index contributed by atoms with van der Waals surface area (Å²) in [7, 11) is 0. The Balaban J connectivity index is 1.38. The molecule has 0 radical (unpaired) electrons. The Morgan fingerprint density at radius 1 is 1.15 bits per heavy atom. The molecule has 0 unspecified atom stereocenters. The third-order valence-corrected chi connectivity index (χ3v) is 7.05. The maximum atomic E-state index is 12.7. The monoisotopic (exact) mass is 385 g/mol. The van der Waals surface area contributed by atoms with Crippen molar-refractivity contribution in [3.05, 3.63) is 29.3 Å². The van der Waals surface area contributed by atoms with Crippen LogP contribution in [0.5, 0.6) is 0 Å². The smallest absolute Gasteiger partial charge is 0.233 e. The van der Waals surface area contributed by atoms with Crippen molar-refractivity contribution in [1.82, 2.24) is 25.1 Å². The second-order valence-electron chi connectivity index (χ2n) is 7.86. The van der Waals surface area contributed by atoms with Gasteiger partial charge in [-0.2, -0.15) is 4.68 Å². The highest BCUT2D eigenvalue weighted by atomic mass is 32.2. The van der Waals surface area contributed by atoms with Gasteiger partial charge >= 0.3 is 0 Å². The average molecular weight is 386 g/mol. The Bertz CT molecular complexity index is 820. The third kappa shape index (κ3) is 4.03. The molecule has 1 aliphatic heterocycles. The number of tetrazole rings is 1. The van der Waals surface area contributed by atoms with Crippen LogP contribution in [-0.4, -0.2) is 49.9 Å². The highest BCUT2D eigenvalue weighted by Crippen LogP contribution is 2.36. The van der Waals surface area contributed by atoms with E-state index in [0.29, 0.717) is 16.8 Å². The molecule has 27 heavy (non-hydrogen) atoms. The molecule has 2 aliphatic rings. The van der Waals surface area contributed by atoms with Gasteiger partial charge < -0.3 is 4.90 Å². The minimum absolute atomic E-state index is 0.207. The average Bonchev–Trinajstić information content (AvgIpc) is 3.16. The van der Waals surface area contributed by atoms with Gasteiger partial charge in [0.05, 0.1) is 11.4 Å². The number of aryl methyl sites for hydroxylation is 2. The van der Waals surface area contributed by atoms with E-state index in [4.69, 9.17) is 0 Å². The predicted molar refractivity (Wildman–Crippen MR) is 106 cm³/mol. The van der Waals surface area contributed by atoms with E-state index in [1.165, 1.54) is 55.0 Å². The van der Waals surface area contributed by atoms with Crippen molar-refractivity contribution in [1.29, 1.82) is 0 Å². The van der Waals surface area contributed by atoms with Crippen molar-refractivity contribution in [2.75, 3.05) is 18.8 Å². The SMILES string of the molecule is Cc1ccc(-n2nnnc2SCC(=O)N2CC[C@@H]3CCCC[C@@H]3C2)cc1C. The summed E-state index contributed by atoms with van der Waals surface area (Å²) in [6.45, 7) is 6.01. The summed E-state index contributed by atoms with van der Waals surface area (Å²) >= 11 is 1.43. The highest BCUT2D eigenvalue weighted by molar-refractivity contribution is 7.99.